The van der Waals surface area contributed by atoms with Gasteiger partial charge in [-0.15, -0.1) is 0 Å². The molecule has 0 bridgehead atoms. The summed E-state index contributed by atoms with van der Waals surface area (Å²) in [6, 6.07) is 22.7. The van der Waals surface area contributed by atoms with Gasteiger partial charge in [0.15, 0.2) is 0 Å². The second-order valence-corrected chi connectivity index (χ2v) is 12.7. The number of rotatable bonds is 14. The summed E-state index contributed by atoms with van der Waals surface area (Å²) in [5.41, 5.74) is 5.26. The van der Waals surface area contributed by atoms with Crippen LogP contribution in [0.3, 0.4) is 0 Å². The average molecular weight is 628 g/mol. The van der Waals surface area contributed by atoms with Crippen LogP contribution in [0.5, 0.6) is 0 Å². The lowest BCUT2D eigenvalue weighted by atomic mass is 9.98. The molecule has 0 unspecified atom stereocenters. The molecule has 0 aliphatic heterocycles. The molecule has 1 aliphatic carbocycles. The first kappa shape index (κ1) is 34.2. The van der Waals surface area contributed by atoms with Crippen LogP contribution in [-0.2, 0) is 30.5 Å². The Morgan fingerprint density at radius 1 is 0.630 bits per heavy atom. The topological polar surface area (TPSA) is 123 Å². The van der Waals surface area contributed by atoms with Gasteiger partial charge in [0.1, 0.15) is 31.3 Å². The number of benzene rings is 3. The highest BCUT2D eigenvalue weighted by atomic mass is 16.5. The highest BCUT2D eigenvalue weighted by Gasteiger charge is 2.31. The Morgan fingerprint density at radius 3 is 1.76 bits per heavy atom. The van der Waals surface area contributed by atoms with Gasteiger partial charge < -0.3 is 25.4 Å². The fourth-order valence-corrected chi connectivity index (χ4v) is 5.68. The number of esters is 1. The summed E-state index contributed by atoms with van der Waals surface area (Å²) in [5, 5.41) is 8.14. The van der Waals surface area contributed by atoms with Crippen molar-refractivity contribution >= 4 is 23.9 Å². The van der Waals surface area contributed by atoms with E-state index in [0.29, 0.717) is 12.8 Å². The maximum atomic E-state index is 13.3. The van der Waals surface area contributed by atoms with E-state index in [1.165, 1.54) is 6.92 Å². The molecule has 0 saturated carbocycles. The molecule has 3 aromatic rings. The van der Waals surface area contributed by atoms with E-state index < -0.39 is 42.0 Å². The van der Waals surface area contributed by atoms with Gasteiger partial charge in [0.25, 0.3) is 0 Å². The number of fused-ring (bicyclic) bond motifs is 3. The first-order chi connectivity index (χ1) is 22.0. The zero-order valence-corrected chi connectivity index (χ0v) is 27.2. The molecule has 4 rings (SSSR count). The van der Waals surface area contributed by atoms with Crippen LogP contribution in [-0.4, -0.2) is 48.6 Å². The van der Waals surface area contributed by atoms with E-state index in [-0.39, 0.29) is 31.0 Å². The van der Waals surface area contributed by atoms with Gasteiger partial charge in [0, 0.05) is 5.92 Å². The second kappa shape index (κ2) is 16.1. The van der Waals surface area contributed by atoms with Crippen molar-refractivity contribution in [3.05, 3.63) is 95.6 Å². The lowest BCUT2D eigenvalue weighted by molar-refractivity contribution is -0.149. The number of hydrogen-bond donors (Lipinski definition) is 3. The van der Waals surface area contributed by atoms with Crippen LogP contribution in [0, 0.1) is 11.8 Å². The molecule has 0 heterocycles. The quantitative estimate of drug-likeness (QED) is 0.197. The molecule has 9 heteroatoms. The molecule has 0 radical (unpaired) electrons. The van der Waals surface area contributed by atoms with Crippen LogP contribution in [0.2, 0.25) is 0 Å². The van der Waals surface area contributed by atoms with Crippen molar-refractivity contribution < 1.29 is 28.7 Å². The zero-order valence-electron chi connectivity index (χ0n) is 27.2. The van der Waals surface area contributed by atoms with Crippen molar-refractivity contribution in [1.29, 1.82) is 0 Å². The molecule has 1 aliphatic rings. The van der Waals surface area contributed by atoms with E-state index in [1.54, 1.807) is 0 Å². The number of ether oxygens (including phenoxy) is 2. The van der Waals surface area contributed by atoms with Crippen molar-refractivity contribution in [2.24, 2.45) is 11.8 Å². The third-order valence-electron chi connectivity index (χ3n) is 7.94. The predicted octanol–water partition coefficient (Wildman–Crippen LogP) is 5.72. The van der Waals surface area contributed by atoms with E-state index in [4.69, 9.17) is 9.47 Å². The molecule has 3 aromatic carbocycles. The van der Waals surface area contributed by atoms with E-state index in [2.05, 4.69) is 28.1 Å². The Labute approximate surface area is 271 Å². The van der Waals surface area contributed by atoms with Gasteiger partial charge in [-0.2, -0.15) is 0 Å². The van der Waals surface area contributed by atoms with Gasteiger partial charge in [-0.25, -0.2) is 9.59 Å². The van der Waals surface area contributed by atoms with Gasteiger partial charge in [-0.05, 0) is 59.4 Å². The van der Waals surface area contributed by atoms with E-state index >= 15 is 0 Å². The van der Waals surface area contributed by atoms with E-state index in [1.807, 2.05) is 94.4 Å². The van der Waals surface area contributed by atoms with Crippen LogP contribution in [0.15, 0.2) is 78.9 Å². The monoisotopic (exact) mass is 627 g/mol. The summed E-state index contributed by atoms with van der Waals surface area (Å²) in [5.74, 6) is -1.52. The molecule has 244 valence electrons. The number of amides is 3. The van der Waals surface area contributed by atoms with Crippen LogP contribution in [0.4, 0.5) is 4.79 Å². The minimum Gasteiger partial charge on any atom is -0.459 e. The molecular formula is C37H45N3O6. The smallest absolute Gasteiger partial charge is 0.407 e. The minimum absolute atomic E-state index is 0.0728. The van der Waals surface area contributed by atoms with Gasteiger partial charge in [0.2, 0.25) is 11.8 Å². The van der Waals surface area contributed by atoms with Crippen molar-refractivity contribution in [2.75, 3.05) is 6.61 Å². The average Bonchev–Trinajstić information content (AvgIpc) is 3.35. The number of carbonyl (C=O) groups is 4. The van der Waals surface area contributed by atoms with Gasteiger partial charge >= 0.3 is 12.1 Å². The number of nitrogens with one attached hydrogen (secondary N) is 3. The van der Waals surface area contributed by atoms with Crippen molar-refractivity contribution in [3.8, 4) is 11.1 Å². The first-order valence-electron chi connectivity index (χ1n) is 16.0. The Hall–Kier alpha value is -4.66. The summed E-state index contributed by atoms with van der Waals surface area (Å²) >= 11 is 0. The maximum Gasteiger partial charge on any atom is 0.407 e. The van der Waals surface area contributed by atoms with Gasteiger partial charge in [-0.3, -0.25) is 9.59 Å². The van der Waals surface area contributed by atoms with Crippen LogP contribution in [0.25, 0.3) is 11.1 Å². The van der Waals surface area contributed by atoms with Crippen LogP contribution < -0.4 is 16.0 Å². The molecule has 0 saturated heterocycles. The summed E-state index contributed by atoms with van der Waals surface area (Å²) in [4.78, 5) is 52.3. The fraction of sp³-hybridized carbons (Fsp3) is 0.405. The summed E-state index contributed by atoms with van der Waals surface area (Å²) in [6.07, 6.45) is 0.00353. The largest absolute Gasteiger partial charge is 0.459 e. The lowest BCUT2D eigenvalue weighted by Gasteiger charge is -2.24. The first-order valence-corrected chi connectivity index (χ1v) is 16.0. The SMILES string of the molecule is CC(C)C[C@H](NC(=O)OCC1c2ccccc2-c2ccccc21)C(=O)N[C@@H](C)C(=O)N[C@@H](CC(C)C)C(=O)OCc1ccccc1. The fourth-order valence-electron chi connectivity index (χ4n) is 5.68. The molecule has 0 aromatic heterocycles. The molecule has 3 atom stereocenters. The molecular weight excluding hydrogens is 582 g/mol. The van der Waals surface area contributed by atoms with Crippen molar-refractivity contribution in [3.63, 3.8) is 0 Å². The van der Waals surface area contributed by atoms with Gasteiger partial charge in [0.05, 0.1) is 0 Å². The predicted molar refractivity (Wildman–Crippen MR) is 177 cm³/mol. The van der Waals surface area contributed by atoms with Gasteiger partial charge in [-0.1, -0.05) is 107 Å². The Kier molecular flexibility index (Phi) is 11.9. The summed E-state index contributed by atoms with van der Waals surface area (Å²) in [6.45, 7) is 9.51. The highest BCUT2D eigenvalue weighted by molar-refractivity contribution is 5.92. The molecule has 3 N–H and O–H groups in total. The number of alkyl carbamates (subject to hydrolysis) is 1. The van der Waals surface area contributed by atoms with Crippen LogP contribution in [0.1, 0.15) is 70.1 Å². The molecule has 9 nitrogen and oxygen atoms in total. The van der Waals surface area contributed by atoms with Crippen molar-refractivity contribution in [1.82, 2.24) is 16.0 Å². The Bertz CT molecular complexity index is 1460. The molecule has 0 fully saturated rings. The third kappa shape index (κ3) is 9.19. The Morgan fingerprint density at radius 2 is 1.17 bits per heavy atom. The Balaban J connectivity index is 1.33. The maximum absolute atomic E-state index is 13.3. The second-order valence-electron chi connectivity index (χ2n) is 12.7. The van der Waals surface area contributed by atoms with Crippen molar-refractivity contribution in [2.45, 2.75) is 78.1 Å². The van der Waals surface area contributed by atoms with E-state index in [0.717, 1.165) is 27.8 Å². The molecule has 0 spiro atoms. The molecule has 3 amide bonds. The summed E-state index contributed by atoms with van der Waals surface area (Å²) in [7, 11) is 0. The lowest BCUT2D eigenvalue weighted by Crippen LogP contribution is -2.55. The number of hydrogen-bond acceptors (Lipinski definition) is 6. The summed E-state index contributed by atoms with van der Waals surface area (Å²) < 4.78 is 11.1. The van der Waals surface area contributed by atoms with Crippen LogP contribution >= 0.6 is 0 Å². The zero-order chi connectivity index (χ0) is 33.2. The highest BCUT2D eigenvalue weighted by Crippen LogP contribution is 2.44. The van der Waals surface area contributed by atoms with E-state index in [9.17, 15) is 19.2 Å². The standard InChI is InChI=1S/C37H45N3O6/c1-23(2)19-32(40-37(44)46-22-31-29-17-11-9-15-27(29)28-16-10-12-18-30(28)31)35(42)38-25(5)34(41)39-33(20-24(3)4)36(43)45-21-26-13-7-6-8-14-26/h6-18,23-25,31-33H,19-22H2,1-5H3,(H,38,42)(H,39,41)(H,40,44)/t25-,32-,33-/m0/s1. The minimum atomic E-state index is -0.969. The number of carbonyl (C=O) groups excluding carboxylic acids is 4. The normalized spacial score (nSPS) is 14.1. The third-order valence-corrected chi connectivity index (χ3v) is 7.94. The molecule has 46 heavy (non-hydrogen) atoms.